The molecule has 0 radical (unpaired) electrons. The number of hydrogen-bond acceptors (Lipinski definition) is 2. The van der Waals surface area contributed by atoms with Crippen molar-refractivity contribution in [3.05, 3.63) is 34.6 Å². The quantitative estimate of drug-likeness (QED) is 0.638. The van der Waals surface area contributed by atoms with Gasteiger partial charge in [-0.2, -0.15) is 13.2 Å². The van der Waals surface area contributed by atoms with Gasteiger partial charge in [0.15, 0.2) is 0 Å². The lowest BCUT2D eigenvalue weighted by Crippen LogP contribution is -2.23. The van der Waals surface area contributed by atoms with Gasteiger partial charge in [0.05, 0.1) is 0 Å². The Balaban J connectivity index is 2.68. The number of nitrogens with one attached hydrogen (secondary N) is 1. The lowest BCUT2D eigenvalue weighted by atomic mass is 9.96. The summed E-state index contributed by atoms with van der Waals surface area (Å²) in [6, 6.07) is 2.89. The predicted molar refractivity (Wildman–Crippen MR) is 69.2 cm³/mol. The first-order valence-electron chi connectivity index (χ1n) is 6.33. The van der Waals surface area contributed by atoms with E-state index in [1.165, 1.54) is 6.07 Å². The Hall–Kier alpha value is -1.14. The van der Waals surface area contributed by atoms with Crippen molar-refractivity contribution >= 4 is 0 Å². The van der Waals surface area contributed by atoms with Gasteiger partial charge in [-0.3, -0.25) is 0 Å². The third-order valence-corrected chi connectivity index (χ3v) is 2.99. The number of hydrogen-bond donors (Lipinski definition) is 1. The van der Waals surface area contributed by atoms with Gasteiger partial charge in [0.25, 0.3) is 0 Å². The van der Waals surface area contributed by atoms with Gasteiger partial charge in [-0.1, -0.05) is 6.07 Å². The minimum absolute atomic E-state index is 0.0855. The summed E-state index contributed by atoms with van der Waals surface area (Å²) in [7, 11) is 1.65. The lowest BCUT2D eigenvalue weighted by Gasteiger charge is -2.20. The molecule has 0 saturated carbocycles. The van der Waals surface area contributed by atoms with E-state index in [0.717, 1.165) is 11.1 Å². The second-order valence-electron chi connectivity index (χ2n) is 4.78. The normalized spacial score (nSPS) is 13.6. The number of alkyl halides is 3. The van der Waals surface area contributed by atoms with Gasteiger partial charge >= 0.3 is 6.18 Å². The van der Waals surface area contributed by atoms with E-state index in [0.29, 0.717) is 5.56 Å². The van der Waals surface area contributed by atoms with Crippen LogP contribution in [0.4, 0.5) is 17.6 Å². The largest absolute Gasteiger partial charge is 0.411 e. The van der Waals surface area contributed by atoms with Crippen molar-refractivity contribution in [1.29, 1.82) is 0 Å². The fourth-order valence-electron chi connectivity index (χ4n) is 2.19. The zero-order valence-corrected chi connectivity index (χ0v) is 11.8. The summed E-state index contributed by atoms with van der Waals surface area (Å²) < 4.78 is 54.4. The number of aryl methyl sites for hydroxylation is 2. The van der Waals surface area contributed by atoms with E-state index >= 15 is 0 Å². The summed E-state index contributed by atoms with van der Waals surface area (Å²) >= 11 is 0. The Bertz CT molecular complexity index is 422. The maximum absolute atomic E-state index is 14.0. The topological polar surface area (TPSA) is 21.3 Å². The van der Waals surface area contributed by atoms with Gasteiger partial charge < -0.3 is 10.1 Å². The second kappa shape index (κ2) is 7.04. The van der Waals surface area contributed by atoms with Gasteiger partial charge in [0.2, 0.25) is 0 Å². The third kappa shape index (κ3) is 5.09. The molecule has 0 aliphatic heterocycles. The van der Waals surface area contributed by atoms with Crippen LogP contribution in [-0.4, -0.2) is 26.4 Å². The molecular formula is C14H19F4NO. The Kier molecular flexibility index (Phi) is 5.95. The van der Waals surface area contributed by atoms with Crippen molar-refractivity contribution in [2.24, 2.45) is 0 Å². The Labute approximate surface area is 116 Å². The number of benzene rings is 1. The van der Waals surface area contributed by atoms with Crippen LogP contribution >= 0.6 is 0 Å². The molecular weight excluding hydrogens is 274 g/mol. The highest BCUT2D eigenvalue weighted by atomic mass is 19.4. The van der Waals surface area contributed by atoms with Gasteiger partial charge in [-0.05, 0) is 44.5 Å². The first-order chi connectivity index (χ1) is 9.24. The third-order valence-electron chi connectivity index (χ3n) is 2.99. The molecule has 2 nitrogen and oxygen atoms in total. The minimum Gasteiger partial charge on any atom is -0.372 e. The highest BCUT2D eigenvalue weighted by Gasteiger charge is 2.27. The van der Waals surface area contributed by atoms with Crippen LogP contribution in [0, 0.1) is 19.7 Å². The summed E-state index contributed by atoms with van der Waals surface area (Å²) in [5, 5.41) is 2.92. The first-order valence-corrected chi connectivity index (χ1v) is 6.33. The van der Waals surface area contributed by atoms with Crippen molar-refractivity contribution in [2.75, 3.05) is 20.3 Å². The fourth-order valence-corrected chi connectivity index (χ4v) is 2.19. The number of rotatable bonds is 6. The van der Waals surface area contributed by atoms with Crippen LogP contribution in [0.1, 0.15) is 29.2 Å². The van der Waals surface area contributed by atoms with Crippen LogP contribution in [0.15, 0.2) is 12.1 Å². The zero-order chi connectivity index (χ0) is 15.3. The number of halogens is 4. The van der Waals surface area contributed by atoms with Crippen molar-refractivity contribution in [3.8, 4) is 0 Å². The summed E-state index contributed by atoms with van der Waals surface area (Å²) in [6.45, 7) is 2.21. The lowest BCUT2D eigenvalue weighted by molar-refractivity contribution is -0.174. The van der Waals surface area contributed by atoms with Crippen LogP contribution in [0.2, 0.25) is 0 Å². The predicted octanol–water partition coefficient (Wildman–Crippen LogP) is 3.67. The Morgan fingerprint density at radius 2 is 1.90 bits per heavy atom. The minimum atomic E-state index is -4.33. The smallest absolute Gasteiger partial charge is 0.372 e. The second-order valence-corrected chi connectivity index (χ2v) is 4.78. The molecule has 1 rings (SSSR count). The zero-order valence-electron chi connectivity index (χ0n) is 11.8. The highest BCUT2D eigenvalue weighted by Crippen LogP contribution is 2.25. The molecule has 0 aliphatic carbocycles. The highest BCUT2D eigenvalue weighted by molar-refractivity contribution is 5.34. The Morgan fingerprint density at radius 3 is 2.40 bits per heavy atom. The summed E-state index contributed by atoms with van der Waals surface area (Å²) in [6.07, 6.45) is -4.06. The van der Waals surface area contributed by atoms with E-state index < -0.39 is 12.8 Å². The number of ether oxygens (including phenoxy) is 1. The van der Waals surface area contributed by atoms with Crippen LogP contribution in [-0.2, 0) is 4.74 Å². The van der Waals surface area contributed by atoms with Crippen molar-refractivity contribution in [2.45, 2.75) is 32.5 Å². The van der Waals surface area contributed by atoms with Crippen molar-refractivity contribution in [1.82, 2.24) is 5.32 Å². The van der Waals surface area contributed by atoms with Crippen LogP contribution < -0.4 is 5.32 Å². The van der Waals surface area contributed by atoms with E-state index in [4.69, 9.17) is 0 Å². The van der Waals surface area contributed by atoms with E-state index in [2.05, 4.69) is 10.1 Å². The molecule has 0 fully saturated rings. The molecule has 1 N–H and O–H groups in total. The molecule has 6 heteroatoms. The van der Waals surface area contributed by atoms with E-state index in [9.17, 15) is 17.6 Å². The maximum Gasteiger partial charge on any atom is 0.411 e. The Morgan fingerprint density at radius 1 is 1.25 bits per heavy atom. The molecule has 0 spiro atoms. The molecule has 0 bridgehead atoms. The van der Waals surface area contributed by atoms with Crippen LogP contribution in [0.25, 0.3) is 0 Å². The summed E-state index contributed by atoms with van der Waals surface area (Å²) in [5.41, 5.74) is 2.07. The first kappa shape index (κ1) is 16.9. The molecule has 1 aromatic rings. The molecule has 0 amide bonds. The summed E-state index contributed by atoms with van der Waals surface area (Å²) in [4.78, 5) is 0. The van der Waals surface area contributed by atoms with E-state index in [1.54, 1.807) is 20.9 Å². The fraction of sp³-hybridized carbons (Fsp3) is 0.571. The molecule has 1 atom stereocenters. The van der Waals surface area contributed by atoms with Gasteiger partial charge in [0.1, 0.15) is 12.4 Å². The van der Waals surface area contributed by atoms with Gasteiger partial charge in [0, 0.05) is 18.2 Å². The standard InChI is InChI=1S/C14H19F4NO/c1-9-6-10(2)13(11(15)7-9)12(19-3)4-5-20-8-14(16,17)18/h6-7,12,19H,4-5,8H2,1-3H3. The van der Waals surface area contributed by atoms with Gasteiger partial charge in [-0.15, -0.1) is 0 Å². The molecule has 1 unspecified atom stereocenters. The van der Waals surface area contributed by atoms with Gasteiger partial charge in [-0.25, -0.2) is 4.39 Å². The maximum atomic E-state index is 14.0. The average Bonchev–Trinajstić information content (AvgIpc) is 2.29. The van der Waals surface area contributed by atoms with E-state index in [-0.39, 0.29) is 24.9 Å². The SMILES string of the molecule is CNC(CCOCC(F)(F)F)c1c(C)cc(C)cc1F. The van der Waals surface area contributed by atoms with E-state index in [1.807, 2.05) is 6.07 Å². The molecule has 0 saturated heterocycles. The van der Waals surface area contributed by atoms with Crippen molar-refractivity contribution in [3.63, 3.8) is 0 Å². The molecule has 0 aromatic heterocycles. The monoisotopic (exact) mass is 293 g/mol. The van der Waals surface area contributed by atoms with Crippen LogP contribution in [0.3, 0.4) is 0 Å². The average molecular weight is 293 g/mol. The van der Waals surface area contributed by atoms with Crippen molar-refractivity contribution < 1.29 is 22.3 Å². The molecule has 20 heavy (non-hydrogen) atoms. The molecule has 0 heterocycles. The summed E-state index contributed by atoms with van der Waals surface area (Å²) in [5.74, 6) is -0.349. The van der Waals surface area contributed by atoms with Crippen LogP contribution in [0.5, 0.6) is 0 Å². The molecule has 114 valence electrons. The molecule has 0 aliphatic rings. The molecule has 1 aromatic carbocycles.